The highest BCUT2D eigenvalue weighted by atomic mass is 16.3. The molecule has 2 rings (SSSR count). The summed E-state index contributed by atoms with van der Waals surface area (Å²) in [7, 11) is 0. The molecule has 0 bridgehead atoms. The number of hydrogen-bond acceptors (Lipinski definition) is 3. The number of rotatable bonds is 1. The lowest BCUT2D eigenvalue weighted by Crippen LogP contribution is -2.17. The van der Waals surface area contributed by atoms with Crippen LogP contribution in [-0.4, -0.2) is 29.3 Å². The van der Waals surface area contributed by atoms with Gasteiger partial charge in [0, 0.05) is 31.4 Å². The molecule has 1 aliphatic rings. The molecule has 0 aromatic carbocycles. The molecule has 3 heteroatoms. The van der Waals surface area contributed by atoms with E-state index in [1.165, 1.54) is 11.1 Å². The molecule has 70 valence electrons. The van der Waals surface area contributed by atoms with Crippen molar-refractivity contribution in [1.82, 2.24) is 10.3 Å². The zero-order valence-corrected chi connectivity index (χ0v) is 7.70. The fraction of sp³-hybridized carbons (Fsp3) is 0.500. The molecule has 0 saturated carbocycles. The lowest BCUT2D eigenvalue weighted by Gasteiger charge is -2.15. The van der Waals surface area contributed by atoms with Gasteiger partial charge in [-0.05, 0) is 24.1 Å². The minimum absolute atomic E-state index is 0.216. The fourth-order valence-corrected chi connectivity index (χ4v) is 1.85. The summed E-state index contributed by atoms with van der Waals surface area (Å²) in [6.45, 7) is 3.61. The van der Waals surface area contributed by atoms with Crippen LogP contribution < -0.4 is 5.32 Å². The van der Waals surface area contributed by atoms with E-state index in [-0.39, 0.29) is 12.0 Å². The number of aliphatic hydroxyl groups excluding tert-OH is 1. The average molecular weight is 178 g/mol. The van der Waals surface area contributed by atoms with E-state index in [1.807, 2.05) is 12.3 Å². The minimum atomic E-state index is -0.261. The van der Waals surface area contributed by atoms with Gasteiger partial charge in [-0.3, -0.25) is 4.98 Å². The van der Waals surface area contributed by atoms with E-state index < -0.39 is 0 Å². The van der Waals surface area contributed by atoms with E-state index in [2.05, 4.69) is 17.2 Å². The summed E-state index contributed by atoms with van der Waals surface area (Å²) < 4.78 is 0. The molecule has 0 spiro atoms. The van der Waals surface area contributed by atoms with Crippen LogP contribution in [-0.2, 0) is 0 Å². The Morgan fingerprint density at radius 3 is 3.00 bits per heavy atom. The van der Waals surface area contributed by atoms with Gasteiger partial charge in [0.25, 0.3) is 0 Å². The summed E-state index contributed by atoms with van der Waals surface area (Å²) in [6.07, 6.45) is 3.38. The Hall–Kier alpha value is -0.930. The van der Waals surface area contributed by atoms with Gasteiger partial charge in [-0.2, -0.15) is 0 Å². The first-order valence-corrected chi connectivity index (χ1v) is 4.58. The molecule has 0 aliphatic carbocycles. The number of aromatic nitrogens is 1. The zero-order valence-electron chi connectivity index (χ0n) is 7.70. The normalized spacial score (nSPS) is 27.8. The smallest absolute Gasteiger partial charge is 0.0745 e. The Balaban J connectivity index is 2.29. The second-order valence-electron chi connectivity index (χ2n) is 3.56. The summed E-state index contributed by atoms with van der Waals surface area (Å²) >= 11 is 0. The molecule has 1 aromatic rings. The SMILES string of the molecule is Cc1ccncc1C1CNCC1O. The van der Waals surface area contributed by atoms with Crippen molar-refractivity contribution >= 4 is 0 Å². The third kappa shape index (κ3) is 1.57. The van der Waals surface area contributed by atoms with Gasteiger partial charge in [0.2, 0.25) is 0 Å². The molecule has 1 fully saturated rings. The number of aliphatic hydroxyl groups is 1. The fourth-order valence-electron chi connectivity index (χ4n) is 1.85. The summed E-state index contributed by atoms with van der Waals surface area (Å²) in [4.78, 5) is 4.09. The van der Waals surface area contributed by atoms with Gasteiger partial charge in [0.1, 0.15) is 0 Å². The second kappa shape index (κ2) is 3.44. The number of β-amino-alcohol motifs (C(OH)–C–C–N with tert-alkyl or cyclic N) is 1. The van der Waals surface area contributed by atoms with Crippen LogP contribution in [0, 0.1) is 6.92 Å². The van der Waals surface area contributed by atoms with Gasteiger partial charge in [-0.25, -0.2) is 0 Å². The van der Waals surface area contributed by atoms with Gasteiger partial charge in [-0.1, -0.05) is 0 Å². The second-order valence-corrected chi connectivity index (χ2v) is 3.56. The van der Waals surface area contributed by atoms with Crippen LogP contribution in [0.5, 0.6) is 0 Å². The Morgan fingerprint density at radius 1 is 1.54 bits per heavy atom. The molecule has 0 amide bonds. The topological polar surface area (TPSA) is 45.2 Å². The Morgan fingerprint density at radius 2 is 2.38 bits per heavy atom. The molecule has 2 N–H and O–H groups in total. The maximum Gasteiger partial charge on any atom is 0.0745 e. The zero-order chi connectivity index (χ0) is 9.26. The Bertz CT molecular complexity index is 301. The molecule has 3 nitrogen and oxygen atoms in total. The van der Waals surface area contributed by atoms with Crippen molar-refractivity contribution in [2.24, 2.45) is 0 Å². The number of aryl methyl sites for hydroxylation is 1. The van der Waals surface area contributed by atoms with Crippen LogP contribution in [0.1, 0.15) is 17.0 Å². The monoisotopic (exact) mass is 178 g/mol. The molecule has 1 aromatic heterocycles. The van der Waals surface area contributed by atoms with Crippen LogP contribution in [0.15, 0.2) is 18.5 Å². The molecule has 2 unspecified atom stereocenters. The number of pyridine rings is 1. The first-order chi connectivity index (χ1) is 6.29. The van der Waals surface area contributed by atoms with Gasteiger partial charge in [-0.15, -0.1) is 0 Å². The van der Waals surface area contributed by atoms with Crippen molar-refractivity contribution in [3.63, 3.8) is 0 Å². The standard InChI is InChI=1S/C10H14N2O/c1-7-2-3-11-4-8(7)9-5-12-6-10(9)13/h2-4,9-10,12-13H,5-6H2,1H3. The van der Waals surface area contributed by atoms with E-state index in [4.69, 9.17) is 0 Å². The molecule has 13 heavy (non-hydrogen) atoms. The predicted octanol–water partition coefficient (Wildman–Crippen LogP) is 0.438. The van der Waals surface area contributed by atoms with E-state index in [9.17, 15) is 5.11 Å². The van der Waals surface area contributed by atoms with Gasteiger partial charge < -0.3 is 10.4 Å². The van der Waals surface area contributed by atoms with E-state index in [1.54, 1.807) is 6.20 Å². The number of hydrogen-bond donors (Lipinski definition) is 2. The third-order valence-electron chi connectivity index (χ3n) is 2.66. The highest BCUT2D eigenvalue weighted by Crippen LogP contribution is 2.24. The summed E-state index contributed by atoms with van der Waals surface area (Å²) in [6, 6.07) is 1.99. The molecule has 1 saturated heterocycles. The third-order valence-corrected chi connectivity index (χ3v) is 2.66. The van der Waals surface area contributed by atoms with Gasteiger partial charge in [0.15, 0.2) is 0 Å². The highest BCUT2D eigenvalue weighted by molar-refractivity contribution is 5.28. The first kappa shape index (κ1) is 8.66. The van der Waals surface area contributed by atoms with Gasteiger partial charge in [0.05, 0.1) is 6.10 Å². The molecular weight excluding hydrogens is 164 g/mol. The van der Waals surface area contributed by atoms with Crippen LogP contribution in [0.25, 0.3) is 0 Å². The van der Waals surface area contributed by atoms with E-state index in [0.29, 0.717) is 6.54 Å². The van der Waals surface area contributed by atoms with Crippen molar-refractivity contribution in [1.29, 1.82) is 0 Å². The van der Waals surface area contributed by atoms with Crippen molar-refractivity contribution in [3.05, 3.63) is 29.6 Å². The van der Waals surface area contributed by atoms with Crippen LogP contribution >= 0.6 is 0 Å². The average Bonchev–Trinajstić information content (AvgIpc) is 2.52. The van der Waals surface area contributed by atoms with Crippen LogP contribution in [0.4, 0.5) is 0 Å². The maximum atomic E-state index is 9.68. The molecule has 2 heterocycles. The van der Waals surface area contributed by atoms with Gasteiger partial charge >= 0.3 is 0 Å². The first-order valence-electron chi connectivity index (χ1n) is 4.58. The summed E-state index contributed by atoms with van der Waals surface area (Å²) in [5, 5.41) is 12.8. The van der Waals surface area contributed by atoms with E-state index >= 15 is 0 Å². The molecule has 0 radical (unpaired) electrons. The minimum Gasteiger partial charge on any atom is -0.391 e. The van der Waals surface area contributed by atoms with Crippen molar-refractivity contribution in [3.8, 4) is 0 Å². The maximum absolute atomic E-state index is 9.68. The largest absolute Gasteiger partial charge is 0.391 e. The molecular formula is C10H14N2O. The van der Waals surface area contributed by atoms with Crippen molar-refractivity contribution in [2.75, 3.05) is 13.1 Å². The van der Waals surface area contributed by atoms with Crippen molar-refractivity contribution in [2.45, 2.75) is 18.9 Å². The van der Waals surface area contributed by atoms with Crippen LogP contribution in [0.3, 0.4) is 0 Å². The number of nitrogens with one attached hydrogen (secondary N) is 1. The molecule has 1 aliphatic heterocycles. The Kier molecular flexibility index (Phi) is 2.29. The quantitative estimate of drug-likeness (QED) is 0.656. The lowest BCUT2D eigenvalue weighted by atomic mass is 9.94. The lowest BCUT2D eigenvalue weighted by molar-refractivity contribution is 0.177. The molecule has 2 atom stereocenters. The van der Waals surface area contributed by atoms with Crippen LogP contribution in [0.2, 0.25) is 0 Å². The van der Waals surface area contributed by atoms with Crippen molar-refractivity contribution < 1.29 is 5.11 Å². The summed E-state index contributed by atoms with van der Waals surface area (Å²) in [5.41, 5.74) is 2.38. The number of nitrogens with zero attached hydrogens (tertiary/aromatic N) is 1. The predicted molar refractivity (Wildman–Crippen MR) is 50.6 cm³/mol. The highest BCUT2D eigenvalue weighted by Gasteiger charge is 2.27. The Labute approximate surface area is 77.8 Å². The summed E-state index contributed by atoms with van der Waals surface area (Å²) in [5.74, 6) is 0.216. The van der Waals surface area contributed by atoms with E-state index in [0.717, 1.165) is 6.54 Å².